The fourth-order valence-corrected chi connectivity index (χ4v) is 3.97. The zero-order valence-corrected chi connectivity index (χ0v) is 17.9. The van der Waals surface area contributed by atoms with Gasteiger partial charge in [0.05, 0.1) is 23.3 Å². The summed E-state index contributed by atoms with van der Waals surface area (Å²) in [5.41, 5.74) is 0.930. The molecule has 3 heterocycles. The minimum absolute atomic E-state index is 0.0592. The van der Waals surface area contributed by atoms with Crippen molar-refractivity contribution in [3.63, 3.8) is 0 Å². The molecular weight excluding hydrogens is 419 g/mol. The summed E-state index contributed by atoms with van der Waals surface area (Å²) in [4.78, 5) is 24.3. The topological polar surface area (TPSA) is 61.4 Å². The lowest BCUT2D eigenvalue weighted by atomic mass is 10.0. The number of aromatic nitrogens is 2. The maximum absolute atomic E-state index is 14.6. The van der Waals surface area contributed by atoms with E-state index in [4.69, 9.17) is 0 Å². The second-order valence-electron chi connectivity index (χ2n) is 7.83. The van der Waals surface area contributed by atoms with Crippen molar-refractivity contribution in [2.45, 2.75) is 26.3 Å². The Labute approximate surface area is 184 Å². The molecule has 0 spiro atoms. The predicted molar refractivity (Wildman–Crippen MR) is 117 cm³/mol. The number of hydrogen-bond donors (Lipinski definition) is 1. The molecule has 9 heteroatoms. The number of nitrogens with zero attached hydrogens (tertiary/aromatic N) is 4. The van der Waals surface area contributed by atoms with E-state index in [1.54, 1.807) is 37.2 Å². The van der Waals surface area contributed by atoms with Gasteiger partial charge in [0, 0.05) is 55.9 Å². The molecule has 0 unspecified atom stereocenters. The van der Waals surface area contributed by atoms with Gasteiger partial charge in [-0.25, -0.2) is 18.2 Å². The molecular formula is C23H24F3N5O. The van der Waals surface area contributed by atoms with Gasteiger partial charge in [-0.3, -0.25) is 9.78 Å². The van der Waals surface area contributed by atoms with Gasteiger partial charge in [0.2, 0.25) is 5.91 Å². The van der Waals surface area contributed by atoms with E-state index in [2.05, 4.69) is 20.2 Å². The van der Waals surface area contributed by atoms with Crippen LogP contribution in [0.4, 0.5) is 24.7 Å². The minimum atomic E-state index is -2.87. The van der Waals surface area contributed by atoms with E-state index in [0.29, 0.717) is 37.4 Å². The molecule has 0 bridgehead atoms. The fraction of sp³-hybridized carbons (Fsp3) is 0.348. The van der Waals surface area contributed by atoms with E-state index in [0.717, 1.165) is 17.3 Å². The summed E-state index contributed by atoms with van der Waals surface area (Å²) >= 11 is 0. The standard InChI is InChI=1S/C23H24F3N5O/c1-14(16-4-3-5-17(22(16)24)23(25)26)29-19-6-7-27-20-13-28-21(12-18(19)20)31-10-8-30(9-11-31)15(2)32/h3-7,12-14,23H,8-11H2,1-2H3,(H,27,29)/t14-/m1/s1. The number of pyridine rings is 2. The van der Waals surface area contributed by atoms with Gasteiger partial charge in [0.25, 0.3) is 6.43 Å². The molecule has 0 radical (unpaired) electrons. The summed E-state index contributed by atoms with van der Waals surface area (Å²) in [5.74, 6) is -0.0780. The number of nitrogens with one attached hydrogen (secondary N) is 1. The highest BCUT2D eigenvalue weighted by Crippen LogP contribution is 2.31. The quantitative estimate of drug-likeness (QED) is 0.627. The smallest absolute Gasteiger partial charge is 0.266 e. The van der Waals surface area contributed by atoms with Crippen LogP contribution in [0.2, 0.25) is 0 Å². The first-order chi connectivity index (χ1) is 15.3. The van der Waals surface area contributed by atoms with Crippen LogP contribution in [0, 0.1) is 5.82 Å². The Hall–Kier alpha value is -3.36. The maximum atomic E-state index is 14.6. The molecule has 1 fully saturated rings. The lowest BCUT2D eigenvalue weighted by Crippen LogP contribution is -2.48. The van der Waals surface area contributed by atoms with E-state index in [-0.39, 0.29) is 11.5 Å². The molecule has 1 N–H and O–H groups in total. The van der Waals surface area contributed by atoms with Crippen LogP contribution in [0.5, 0.6) is 0 Å². The normalized spacial score (nSPS) is 15.3. The van der Waals surface area contributed by atoms with E-state index < -0.39 is 23.8 Å². The molecule has 1 aromatic carbocycles. The maximum Gasteiger partial charge on any atom is 0.266 e. The Balaban J connectivity index is 1.60. The van der Waals surface area contributed by atoms with Crippen molar-refractivity contribution < 1.29 is 18.0 Å². The van der Waals surface area contributed by atoms with Crippen LogP contribution in [0.3, 0.4) is 0 Å². The molecule has 1 saturated heterocycles. The van der Waals surface area contributed by atoms with Crippen molar-refractivity contribution in [2.75, 3.05) is 36.4 Å². The third kappa shape index (κ3) is 4.32. The summed E-state index contributed by atoms with van der Waals surface area (Å²) < 4.78 is 40.8. The summed E-state index contributed by atoms with van der Waals surface area (Å²) in [7, 11) is 0. The van der Waals surface area contributed by atoms with Gasteiger partial charge in [0.1, 0.15) is 11.6 Å². The van der Waals surface area contributed by atoms with Gasteiger partial charge in [-0.05, 0) is 19.1 Å². The number of carbonyl (C=O) groups excluding carboxylic acids is 1. The average Bonchev–Trinajstić information content (AvgIpc) is 2.79. The number of hydrogen-bond acceptors (Lipinski definition) is 5. The van der Waals surface area contributed by atoms with Gasteiger partial charge in [-0.2, -0.15) is 0 Å². The first kappa shape index (κ1) is 21.9. The zero-order valence-electron chi connectivity index (χ0n) is 17.9. The fourth-order valence-electron chi connectivity index (χ4n) is 3.97. The molecule has 6 nitrogen and oxygen atoms in total. The highest BCUT2D eigenvalue weighted by molar-refractivity contribution is 5.92. The van der Waals surface area contributed by atoms with Gasteiger partial charge in [-0.1, -0.05) is 18.2 Å². The number of rotatable bonds is 5. The molecule has 1 aliphatic heterocycles. The highest BCUT2D eigenvalue weighted by atomic mass is 19.3. The number of benzene rings is 1. The van der Waals surface area contributed by atoms with Crippen LogP contribution in [-0.2, 0) is 4.79 Å². The molecule has 168 valence electrons. The number of anilines is 2. The molecule has 0 aliphatic carbocycles. The van der Waals surface area contributed by atoms with E-state index in [1.165, 1.54) is 12.1 Å². The first-order valence-electron chi connectivity index (χ1n) is 10.4. The molecule has 1 atom stereocenters. The van der Waals surface area contributed by atoms with Crippen LogP contribution >= 0.6 is 0 Å². The second kappa shape index (κ2) is 9.02. The SMILES string of the molecule is CC(=O)N1CCN(c2cc3c(N[C@H](C)c4cccc(C(F)F)c4F)ccnc3cn2)CC1. The highest BCUT2D eigenvalue weighted by Gasteiger charge is 2.22. The van der Waals surface area contributed by atoms with Gasteiger partial charge >= 0.3 is 0 Å². The Morgan fingerprint density at radius 1 is 1.09 bits per heavy atom. The molecule has 1 amide bonds. The van der Waals surface area contributed by atoms with Gasteiger partial charge in [-0.15, -0.1) is 0 Å². The summed E-state index contributed by atoms with van der Waals surface area (Å²) in [6, 6.07) is 7.17. The van der Waals surface area contributed by atoms with Crippen LogP contribution in [0.25, 0.3) is 10.9 Å². The van der Waals surface area contributed by atoms with Crippen LogP contribution in [0.1, 0.15) is 37.4 Å². The predicted octanol–water partition coefficient (Wildman–Crippen LogP) is 4.55. The molecule has 1 aliphatic rings. The van der Waals surface area contributed by atoms with Crippen molar-refractivity contribution in [3.8, 4) is 0 Å². The van der Waals surface area contributed by atoms with E-state index >= 15 is 0 Å². The lowest BCUT2D eigenvalue weighted by molar-refractivity contribution is -0.129. The molecule has 0 saturated carbocycles. The third-order valence-corrected chi connectivity index (χ3v) is 5.79. The van der Waals surface area contributed by atoms with Crippen LogP contribution < -0.4 is 10.2 Å². The first-order valence-corrected chi connectivity index (χ1v) is 10.4. The second-order valence-corrected chi connectivity index (χ2v) is 7.83. The van der Waals surface area contributed by atoms with Crippen molar-refractivity contribution in [2.24, 2.45) is 0 Å². The molecule has 4 rings (SSSR count). The van der Waals surface area contributed by atoms with E-state index in [9.17, 15) is 18.0 Å². The number of amides is 1. The van der Waals surface area contributed by atoms with Crippen LogP contribution in [0.15, 0.2) is 42.7 Å². The Morgan fingerprint density at radius 2 is 1.81 bits per heavy atom. The monoisotopic (exact) mass is 443 g/mol. The average molecular weight is 443 g/mol. The Bertz CT molecular complexity index is 1130. The van der Waals surface area contributed by atoms with Gasteiger partial charge < -0.3 is 15.1 Å². The minimum Gasteiger partial charge on any atom is -0.378 e. The number of alkyl halides is 2. The molecule has 2 aromatic heterocycles. The number of halogens is 3. The van der Waals surface area contributed by atoms with Crippen molar-refractivity contribution in [1.29, 1.82) is 0 Å². The summed E-state index contributed by atoms with van der Waals surface area (Å²) in [5, 5.41) is 4.03. The number of fused-ring (bicyclic) bond motifs is 1. The number of carbonyl (C=O) groups is 1. The van der Waals surface area contributed by atoms with Crippen molar-refractivity contribution >= 4 is 28.3 Å². The van der Waals surface area contributed by atoms with E-state index in [1.807, 2.05) is 6.07 Å². The molecule has 32 heavy (non-hydrogen) atoms. The lowest BCUT2D eigenvalue weighted by Gasteiger charge is -2.35. The van der Waals surface area contributed by atoms with Gasteiger partial charge in [0.15, 0.2) is 0 Å². The van der Waals surface area contributed by atoms with Crippen molar-refractivity contribution in [3.05, 3.63) is 59.7 Å². The molecule has 3 aromatic rings. The Morgan fingerprint density at radius 3 is 2.50 bits per heavy atom. The zero-order chi connectivity index (χ0) is 22.8. The third-order valence-electron chi connectivity index (χ3n) is 5.79. The largest absolute Gasteiger partial charge is 0.378 e. The number of piperazine rings is 1. The van der Waals surface area contributed by atoms with Crippen molar-refractivity contribution in [1.82, 2.24) is 14.9 Å². The summed E-state index contributed by atoms with van der Waals surface area (Å²) in [6.45, 7) is 5.89. The summed E-state index contributed by atoms with van der Waals surface area (Å²) in [6.07, 6.45) is 0.424. The van der Waals surface area contributed by atoms with Crippen LogP contribution in [-0.4, -0.2) is 47.0 Å². The Kier molecular flexibility index (Phi) is 6.16.